The van der Waals surface area contributed by atoms with E-state index in [1.54, 1.807) is 33.7 Å². The van der Waals surface area contributed by atoms with E-state index in [0.29, 0.717) is 13.1 Å². The predicted molar refractivity (Wildman–Crippen MR) is 59.9 cm³/mol. The number of rotatable bonds is 3. The Morgan fingerprint density at radius 1 is 1.12 bits per heavy atom. The molecule has 0 spiro atoms. The van der Waals surface area contributed by atoms with E-state index >= 15 is 0 Å². The van der Waals surface area contributed by atoms with Gasteiger partial charge in [0.1, 0.15) is 5.82 Å². The highest BCUT2D eigenvalue weighted by molar-refractivity contribution is 5.16. The van der Waals surface area contributed by atoms with Gasteiger partial charge in [0.25, 0.3) is 0 Å². The molecule has 1 heterocycles. The Hall–Kier alpha value is -1.84. The van der Waals surface area contributed by atoms with Crippen molar-refractivity contribution in [3.63, 3.8) is 0 Å². The molecule has 0 atom stereocenters. The highest BCUT2D eigenvalue weighted by Crippen LogP contribution is 2.03. The number of hydrogen-bond acceptors (Lipinski definition) is 1. The highest BCUT2D eigenvalue weighted by atomic mass is 19.1. The molecule has 4 heteroatoms. The summed E-state index contributed by atoms with van der Waals surface area (Å²) in [5.74, 6) is -0.262. The maximum absolute atomic E-state index is 12.7. The van der Waals surface area contributed by atoms with Gasteiger partial charge in [-0.05, 0) is 24.6 Å². The number of halogens is 1. The van der Waals surface area contributed by atoms with E-state index in [1.807, 2.05) is 6.92 Å². The van der Waals surface area contributed by atoms with Crippen LogP contribution in [-0.2, 0) is 13.1 Å². The summed E-state index contributed by atoms with van der Waals surface area (Å²) < 4.78 is 15.9. The maximum atomic E-state index is 12.7. The molecule has 0 aliphatic rings. The second-order valence-electron chi connectivity index (χ2n) is 3.62. The molecule has 0 fully saturated rings. The Kier molecular flexibility index (Phi) is 2.90. The van der Waals surface area contributed by atoms with E-state index in [-0.39, 0.29) is 11.5 Å². The van der Waals surface area contributed by atoms with Crippen molar-refractivity contribution < 1.29 is 4.39 Å². The molecule has 0 unspecified atom stereocenters. The van der Waals surface area contributed by atoms with Crippen LogP contribution in [0.4, 0.5) is 4.39 Å². The summed E-state index contributed by atoms with van der Waals surface area (Å²) in [6.07, 6.45) is 3.50. The van der Waals surface area contributed by atoms with Crippen LogP contribution in [0.1, 0.15) is 12.5 Å². The van der Waals surface area contributed by atoms with Crippen LogP contribution in [0.25, 0.3) is 0 Å². The number of benzene rings is 1. The first kappa shape index (κ1) is 10.7. The van der Waals surface area contributed by atoms with Crippen LogP contribution < -0.4 is 5.69 Å². The van der Waals surface area contributed by atoms with Gasteiger partial charge in [0, 0.05) is 18.9 Å². The first-order chi connectivity index (χ1) is 7.70. The second-order valence-corrected chi connectivity index (χ2v) is 3.62. The van der Waals surface area contributed by atoms with Crippen LogP contribution in [0.5, 0.6) is 0 Å². The zero-order chi connectivity index (χ0) is 11.5. The summed E-state index contributed by atoms with van der Waals surface area (Å²) in [4.78, 5) is 11.7. The summed E-state index contributed by atoms with van der Waals surface area (Å²) in [6, 6.07) is 6.17. The Labute approximate surface area is 92.8 Å². The minimum atomic E-state index is -0.262. The third kappa shape index (κ3) is 2.05. The second kappa shape index (κ2) is 4.35. The van der Waals surface area contributed by atoms with Crippen molar-refractivity contribution in [1.29, 1.82) is 0 Å². The van der Waals surface area contributed by atoms with Gasteiger partial charge in [0.15, 0.2) is 0 Å². The van der Waals surface area contributed by atoms with E-state index < -0.39 is 0 Å². The normalized spacial score (nSPS) is 10.6. The number of hydrogen-bond donors (Lipinski definition) is 0. The number of imidazole rings is 1. The molecule has 2 rings (SSSR count). The summed E-state index contributed by atoms with van der Waals surface area (Å²) in [6.45, 7) is 3.06. The van der Waals surface area contributed by atoms with Gasteiger partial charge in [-0.1, -0.05) is 12.1 Å². The first-order valence-electron chi connectivity index (χ1n) is 5.20. The van der Waals surface area contributed by atoms with Crippen LogP contribution >= 0.6 is 0 Å². The van der Waals surface area contributed by atoms with E-state index in [9.17, 15) is 9.18 Å². The quantitative estimate of drug-likeness (QED) is 0.775. The minimum absolute atomic E-state index is 0.0353. The van der Waals surface area contributed by atoms with Crippen molar-refractivity contribution in [3.8, 4) is 0 Å². The molecule has 3 nitrogen and oxygen atoms in total. The standard InChI is InChI=1S/C12H13FN2O/c1-2-14-7-8-15(12(14)16)9-10-3-5-11(13)6-4-10/h3-8H,2,9H2,1H3. The van der Waals surface area contributed by atoms with Crippen LogP contribution in [0.15, 0.2) is 41.5 Å². The molecule has 0 amide bonds. The molecule has 0 radical (unpaired) electrons. The molecule has 2 aromatic rings. The lowest BCUT2D eigenvalue weighted by atomic mass is 10.2. The molecule has 84 valence electrons. The summed E-state index contributed by atoms with van der Waals surface area (Å²) in [7, 11) is 0. The third-order valence-corrected chi connectivity index (χ3v) is 2.52. The van der Waals surface area contributed by atoms with Gasteiger partial charge in [0.2, 0.25) is 0 Å². The molecule has 0 saturated carbocycles. The van der Waals surface area contributed by atoms with Gasteiger partial charge in [-0.25, -0.2) is 9.18 Å². The lowest BCUT2D eigenvalue weighted by Gasteiger charge is -2.01. The van der Waals surface area contributed by atoms with Gasteiger partial charge in [-0.2, -0.15) is 0 Å². The fourth-order valence-electron chi connectivity index (χ4n) is 1.60. The van der Waals surface area contributed by atoms with Crippen molar-refractivity contribution in [3.05, 3.63) is 58.5 Å². The fraction of sp³-hybridized carbons (Fsp3) is 0.250. The fourth-order valence-corrected chi connectivity index (χ4v) is 1.60. The minimum Gasteiger partial charge on any atom is -0.300 e. The van der Waals surface area contributed by atoms with Gasteiger partial charge in [-0.3, -0.25) is 9.13 Å². The Bertz CT molecular complexity index is 525. The lowest BCUT2D eigenvalue weighted by molar-refractivity contribution is 0.625. The summed E-state index contributed by atoms with van der Waals surface area (Å²) in [5, 5.41) is 0. The van der Waals surface area contributed by atoms with E-state index in [4.69, 9.17) is 0 Å². The Morgan fingerprint density at radius 2 is 1.75 bits per heavy atom. The lowest BCUT2D eigenvalue weighted by Crippen LogP contribution is -2.23. The predicted octanol–water partition coefficient (Wildman–Crippen LogP) is 1.86. The monoisotopic (exact) mass is 220 g/mol. The van der Waals surface area contributed by atoms with Gasteiger partial charge >= 0.3 is 5.69 Å². The first-order valence-corrected chi connectivity index (χ1v) is 5.20. The van der Waals surface area contributed by atoms with E-state index in [2.05, 4.69) is 0 Å². The average Bonchev–Trinajstić information content (AvgIpc) is 2.63. The Morgan fingerprint density at radius 3 is 2.31 bits per heavy atom. The number of aryl methyl sites for hydroxylation is 1. The number of nitrogens with zero attached hydrogens (tertiary/aromatic N) is 2. The topological polar surface area (TPSA) is 26.9 Å². The van der Waals surface area contributed by atoms with E-state index in [1.165, 1.54) is 12.1 Å². The molecule has 0 N–H and O–H groups in total. The zero-order valence-corrected chi connectivity index (χ0v) is 9.06. The molecule has 16 heavy (non-hydrogen) atoms. The summed E-state index contributed by atoms with van der Waals surface area (Å²) in [5.41, 5.74) is 0.879. The molecular weight excluding hydrogens is 207 g/mol. The molecule has 0 bridgehead atoms. The third-order valence-electron chi connectivity index (χ3n) is 2.52. The van der Waals surface area contributed by atoms with Crippen LogP contribution in [-0.4, -0.2) is 9.13 Å². The van der Waals surface area contributed by atoms with Gasteiger partial charge in [0.05, 0.1) is 6.54 Å². The van der Waals surface area contributed by atoms with Crippen molar-refractivity contribution >= 4 is 0 Å². The summed E-state index contributed by atoms with van der Waals surface area (Å²) >= 11 is 0. The van der Waals surface area contributed by atoms with Crippen molar-refractivity contribution in [1.82, 2.24) is 9.13 Å². The van der Waals surface area contributed by atoms with Crippen molar-refractivity contribution in [2.45, 2.75) is 20.0 Å². The maximum Gasteiger partial charge on any atom is 0.328 e. The zero-order valence-electron chi connectivity index (χ0n) is 9.06. The van der Waals surface area contributed by atoms with Crippen LogP contribution in [0, 0.1) is 5.82 Å². The van der Waals surface area contributed by atoms with E-state index in [0.717, 1.165) is 5.56 Å². The van der Waals surface area contributed by atoms with Crippen LogP contribution in [0.3, 0.4) is 0 Å². The van der Waals surface area contributed by atoms with Crippen molar-refractivity contribution in [2.24, 2.45) is 0 Å². The SMILES string of the molecule is CCn1ccn(Cc2ccc(F)cc2)c1=O. The van der Waals surface area contributed by atoms with Crippen LogP contribution in [0.2, 0.25) is 0 Å². The molecular formula is C12H13FN2O. The average molecular weight is 220 g/mol. The van der Waals surface area contributed by atoms with Crippen molar-refractivity contribution in [2.75, 3.05) is 0 Å². The Balaban J connectivity index is 2.24. The molecule has 0 saturated heterocycles. The molecule has 1 aromatic carbocycles. The highest BCUT2D eigenvalue weighted by Gasteiger charge is 2.02. The smallest absolute Gasteiger partial charge is 0.300 e. The molecule has 0 aliphatic carbocycles. The largest absolute Gasteiger partial charge is 0.328 e. The van der Waals surface area contributed by atoms with Gasteiger partial charge < -0.3 is 0 Å². The number of aromatic nitrogens is 2. The molecule has 0 aliphatic heterocycles. The molecule has 1 aromatic heterocycles. The van der Waals surface area contributed by atoms with Gasteiger partial charge in [-0.15, -0.1) is 0 Å².